The van der Waals surface area contributed by atoms with Crippen LogP contribution in [0.4, 0.5) is 0 Å². The van der Waals surface area contributed by atoms with Gasteiger partial charge in [-0.15, -0.1) is 10.2 Å². The molecular weight excluding hydrogens is 388 g/mol. The van der Waals surface area contributed by atoms with Crippen LogP contribution in [-0.2, 0) is 24.2 Å². The third-order valence-corrected chi connectivity index (χ3v) is 5.71. The van der Waals surface area contributed by atoms with Crippen LogP contribution in [0.5, 0.6) is 5.75 Å². The maximum atomic E-state index is 12.4. The Hall–Kier alpha value is -2.08. The minimum absolute atomic E-state index is 0.0159. The maximum absolute atomic E-state index is 12.4. The van der Waals surface area contributed by atoms with Crippen molar-refractivity contribution in [2.75, 3.05) is 7.11 Å². The predicted molar refractivity (Wildman–Crippen MR) is 114 cm³/mol. The largest absolute Gasteiger partial charge is 0.496 e. The number of benzene rings is 1. The molecule has 0 aliphatic heterocycles. The number of ether oxygens (including phenoxy) is 1. The molecule has 0 saturated heterocycles. The Morgan fingerprint density at radius 3 is 2.59 bits per heavy atom. The quantitative estimate of drug-likeness (QED) is 0.620. The number of methoxy groups -OCH3 is 1. The highest BCUT2D eigenvalue weighted by Gasteiger charge is 2.29. The van der Waals surface area contributed by atoms with E-state index in [1.165, 1.54) is 12.8 Å². The molecule has 1 aromatic carbocycles. The highest BCUT2D eigenvalue weighted by molar-refractivity contribution is 6.31. The number of aromatic nitrogens is 3. The maximum Gasteiger partial charge on any atom is 0.220 e. The molecule has 1 heterocycles. The number of aryl methyl sites for hydroxylation is 3. The van der Waals surface area contributed by atoms with Crippen LogP contribution in [0.3, 0.4) is 0 Å². The number of hydrogen-bond acceptors (Lipinski definition) is 4. The van der Waals surface area contributed by atoms with E-state index in [4.69, 9.17) is 16.3 Å². The number of hydrogen-bond donors (Lipinski definition) is 1. The number of amides is 1. The lowest BCUT2D eigenvalue weighted by atomic mass is 10.1. The van der Waals surface area contributed by atoms with E-state index < -0.39 is 0 Å². The van der Waals surface area contributed by atoms with Crippen LogP contribution in [0.15, 0.2) is 12.1 Å². The lowest BCUT2D eigenvalue weighted by Crippen LogP contribution is -2.24. The Labute approximate surface area is 178 Å². The van der Waals surface area contributed by atoms with Crippen molar-refractivity contribution in [3.63, 3.8) is 0 Å². The van der Waals surface area contributed by atoms with Crippen molar-refractivity contribution < 1.29 is 9.53 Å². The molecule has 1 aliphatic rings. The number of halogens is 1. The van der Waals surface area contributed by atoms with E-state index in [9.17, 15) is 4.79 Å². The van der Waals surface area contributed by atoms with Crippen molar-refractivity contribution >= 4 is 17.5 Å². The second-order valence-electron chi connectivity index (χ2n) is 8.26. The molecule has 29 heavy (non-hydrogen) atoms. The van der Waals surface area contributed by atoms with Gasteiger partial charge in [-0.3, -0.25) is 4.79 Å². The fourth-order valence-corrected chi connectivity index (χ4v) is 3.59. The van der Waals surface area contributed by atoms with Gasteiger partial charge in [-0.25, -0.2) is 0 Å². The monoisotopic (exact) mass is 418 g/mol. The summed E-state index contributed by atoms with van der Waals surface area (Å²) in [6, 6.07) is 4.26. The van der Waals surface area contributed by atoms with Gasteiger partial charge in [-0.2, -0.15) is 0 Å². The second kappa shape index (κ2) is 9.61. The van der Waals surface area contributed by atoms with E-state index in [0.717, 1.165) is 41.4 Å². The highest BCUT2D eigenvalue weighted by Crippen LogP contribution is 2.37. The molecule has 158 valence electrons. The molecular formula is C22H31ClN4O2. The summed E-state index contributed by atoms with van der Waals surface area (Å²) in [5.74, 6) is 3.35. The summed E-state index contributed by atoms with van der Waals surface area (Å²) in [6.07, 6.45) is 5.40. The molecule has 0 bridgehead atoms. The van der Waals surface area contributed by atoms with Gasteiger partial charge in [-0.1, -0.05) is 25.4 Å². The lowest BCUT2D eigenvalue weighted by Gasteiger charge is -2.12. The minimum Gasteiger partial charge on any atom is -0.496 e. The first kappa shape index (κ1) is 21.6. The predicted octanol–water partition coefficient (Wildman–Crippen LogP) is 4.42. The van der Waals surface area contributed by atoms with E-state index in [1.54, 1.807) is 7.11 Å². The first-order valence-electron chi connectivity index (χ1n) is 10.4. The van der Waals surface area contributed by atoms with E-state index >= 15 is 0 Å². The summed E-state index contributed by atoms with van der Waals surface area (Å²) in [5.41, 5.74) is 1.82. The topological polar surface area (TPSA) is 69.0 Å². The van der Waals surface area contributed by atoms with Gasteiger partial charge in [0.15, 0.2) is 0 Å². The van der Waals surface area contributed by atoms with Crippen molar-refractivity contribution in [1.82, 2.24) is 20.1 Å². The second-order valence-corrected chi connectivity index (χ2v) is 8.66. The van der Waals surface area contributed by atoms with Crippen LogP contribution in [-0.4, -0.2) is 27.8 Å². The van der Waals surface area contributed by atoms with E-state index in [2.05, 4.69) is 33.9 Å². The molecule has 6 nitrogen and oxygen atoms in total. The van der Waals surface area contributed by atoms with Gasteiger partial charge in [-0.05, 0) is 49.8 Å². The van der Waals surface area contributed by atoms with Gasteiger partial charge in [0.05, 0.1) is 7.11 Å². The summed E-state index contributed by atoms with van der Waals surface area (Å²) >= 11 is 6.21. The van der Waals surface area contributed by atoms with Crippen LogP contribution >= 0.6 is 11.6 Å². The summed E-state index contributed by atoms with van der Waals surface area (Å²) in [5, 5.41) is 12.4. The summed E-state index contributed by atoms with van der Waals surface area (Å²) in [4.78, 5) is 12.4. The number of nitrogens with zero attached hydrogens (tertiary/aromatic N) is 3. The molecule has 1 fully saturated rings. The Kier molecular flexibility index (Phi) is 7.17. The van der Waals surface area contributed by atoms with Gasteiger partial charge < -0.3 is 14.6 Å². The molecule has 0 radical (unpaired) electrons. The standard InChI is InChI=1S/C22H31ClN4O2/c1-14(2)5-8-20-25-26-21(27(20)17-6-7-17)9-10-22(28)24-13-16-12-18(23)15(3)11-19(16)29-4/h11-12,14,17H,5-10,13H2,1-4H3,(H,24,28). The zero-order chi connectivity index (χ0) is 21.0. The third kappa shape index (κ3) is 5.72. The molecule has 7 heteroatoms. The highest BCUT2D eigenvalue weighted by atomic mass is 35.5. The minimum atomic E-state index is -0.0159. The number of rotatable bonds is 10. The molecule has 1 aliphatic carbocycles. The van der Waals surface area contributed by atoms with Gasteiger partial charge in [0, 0.05) is 42.4 Å². The van der Waals surface area contributed by atoms with Gasteiger partial charge in [0.1, 0.15) is 17.4 Å². The molecule has 0 atom stereocenters. The van der Waals surface area contributed by atoms with Crippen LogP contribution in [0.25, 0.3) is 0 Å². The van der Waals surface area contributed by atoms with Crippen molar-refractivity contribution in [3.05, 3.63) is 39.9 Å². The van der Waals surface area contributed by atoms with E-state index in [1.807, 2.05) is 19.1 Å². The summed E-state index contributed by atoms with van der Waals surface area (Å²) in [7, 11) is 1.62. The zero-order valence-corrected chi connectivity index (χ0v) is 18.6. The fourth-order valence-electron chi connectivity index (χ4n) is 3.41. The first-order valence-corrected chi connectivity index (χ1v) is 10.8. The van der Waals surface area contributed by atoms with Gasteiger partial charge >= 0.3 is 0 Å². The van der Waals surface area contributed by atoms with Crippen molar-refractivity contribution in [2.24, 2.45) is 5.92 Å². The number of nitrogens with one attached hydrogen (secondary N) is 1. The normalized spacial score (nSPS) is 13.7. The first-order chi connectivity index (χ1) is 13.9. The summed E-state index contributed by atoms with van der Waals surface area (Å²) in [6.45, 7) is 6.76. The van der Waals surface area contributed by atoms with Crippen LogP contribution < -0.4 is 10.1 Å². The molecule has 1 amide bonds. The van der Waals surface area contributed by atoms with Crippen LogP contribution in [0.1, 0.15) is 68.3 Å². The molecule has 0 spiro atoms. The van der Waals surface area contributed by atoms with E-state index in [0.29, 0.717) is 36.4 Å². The van der Waals surface area contributed by atoms with Crippen LogP contribution in [0, 0.1) is 12.8 Å². The summed E-state index contributed by atoms with van der Waals surface area (Å²) < 4.78 is 7.68. The Balaban J connectivity index is 1.57. The van der Waals surface area contributed by atoms with Crippen LogP contribution in [0.2, 0.25) is 5.02 Å². The van der Waals surface area contributed by atoms with Gasteiger partial charge in [0.25, 0.3) is 0 Å². The molecule has 1 N–H and O–H groups in total. The zero-order valence-electron chi connectivity index (χ0n) is 17.8. The molecule has 2 aromatic rings. The fraction of sp³-hybridized carbons (Fsp3) is 0.591. The number of carbonyl (C=O) groups excluding carboxylic acids is 1. The van der Waals surface area contributed by atoms with Gasteiger partial charge in [0.2, 0.25) is 5.91 Å². The molecule has 1 saturated carbocycles. The molecule has 1 aromatic heterocycles. The Morgan fingerprint density at radius 2 is 1.97 bits per heavy atom. The Morgan fingerprint density at radius 1 is 1.28 bits per heavy atom. The average molecular weight is 419 g/mol. The molecule has 3 rings (SSSR count). The molecule has 0 unspecified atom stereocenters. The van der Waals surface area contributed by atoms with Crippen molar-refractivity contribution in [2.45, 2.75) is 71.9 Å². The SMILES string of the molecule is COc1cc(C)c(Cl)cc1CNC(=O)CCc1nnc(CCC(C)C)n1C1CC1. The third-order valence-electron chi connectivity index (χ3n) is 5.31. The van der Waals surface area contributed by atoms with Crippen molar-refractivity contribution in [1.29, 1.82) is 0 Å². The smallest absolute Gasteiger partial charge is 0.220 e. The Bertz CT molecular complexity index is 859. The van der Waals surface area contributed by atoms with E-state index in [-0.39, 0.29) is 5.91 Å². The average Bonchev–Trinajstić information content (AvgIpc) is 3.45. The number of carbonyl (C=O) groups is 1. The van der Waals surface area contributed by atoms with Crippen molar-refractivity contribution in [3.8, 4) is 5.75 Å². The lowest BCUT2D eigenvalue weighted by molar-refractivity contribution is -0.121.